The van der Waals surface area contributed by atoms with E-state index in [0.717, 1.165) is 17.7 Å². The molecule has 0 aliphatic heterocycles. The summed E-state index contributed by atoms with van der Waals surface area (Å²) in [6.07, 6.45) is -10.2. The van der Waals surface area contributed by atoms with Gasteiger partial charge in [-0.2, -0.15) is 21.2 Å². The molecule has 0 aliphatic rings. The molecule has 4 aromatic rings. The monoisotopic (exact) mass is 694 g/mol. The van der Waals surface area contributed by atoms with Gasteiger partial charge in [0.2, 0.25) is 0 Å². The van der Waals surface area contributed by atoms with E-state index in [4.69, 9.17) is 35.3 Å². The molecule has 0 aliphatic carbocycles. The van der Waals surface area contributed by atoms with Crippen LogP contribution in [0.4, 0.5) is 37.7 Å². The Kier molecular flexibility index (Phi) is 11.5. The Morgan fingerprint density at radius 1 is 0.636 bits per heavy atom. The third kappa shape index (κ3) is 9.20. The summed E-state index contributed by atoms with van der Waals surface area (Å²) in [6.45, 7) is 1.79. The van der Waals surface area contributed by atoms with Crippen molar-refractivity contribution in [1.82, 2.24) is 0 Å². The van der Waals surface area contributed by atoms with E-state index in [2.05, 4.69) is 14.8 Å². The molecule has 0 N–H and O–H groups in total. The average molecular weight is 695 g/mol. The van der Waals surface area contributed by atoms with Crippen molar-refractivity contribution in [3.8, 4) is 17.2 Å². The molecule has 0 spiro atoms. The predicted octanol–water partition coefficient (Wildman–Crippen LogP) is 9.80. The molecule has 0 saturated heterocycles. The minimum Gasteiger partial charge on any atom is -0.781 e. The van der Waals surface area contributed by atoms with E-state index >= 15 is 0 Å². The molecule has 4 aromatic carbocycles. The largest absolute Gasteiger partial charge is 0.781 e. The van der Waals surface area contributed by atoms with E-state index in [9.17, 15) is 26.3 Å². The second-order valence-corrected chi connectivity index (χ2v) is 10.0. The molecule has 14 heteroatoms. The van der Waals surface area contributed by atoms with E-state index in [1.165, 1.54) is 61.7 Å². The first-order valence-corrected chi connectivity index (χ1v) is 13.3. The first-order chi connectivity index (χ1) is 20.2. The van der Waals surface area contributed by atoms with Crippen LogP contribution >= 0.6 is 0 Å². The Hall–Kier alpha value is -3.61. The number of aryl methyl sites for hydroxylation is 1. The number of hydrogen-bond acceptors (Lipinski definition) is 5. The van der Waals surface area contributed by atoms with E-state index in [0.29, 0.717) is 5.75 Å². The maximum atomic E-state index is 13.5. The van der Waals surface area contributed by atoms with E-state index in [-0.39, 0.29) is 48.8 Å². The summed E-state index contributed by atoms with van der Waals surface area (Å²) in [5, 5.41) is 9.37. The number of hydrogen-bond donors (Lipinski definition) is 0. The van der Waals surface area contributed by atoms with Gasteiger partial charge < -0.3 is 50.1 Å². The van der Waals surface area contributed by atoms with Gasteiger partial charge >= 0.3 is 12.7 Å². The first-order valence-electron chi connectivity index (χ1n) is 12.5. The summed E-state index contributed by atoms with van der Waals surface area (Å²) in [4.78, 5) is 0.447. The summed E-state index contributed by atoms with van der Waals surface area (Å²) in [6, 6.07) is 16.9. The second-order valence-electron chi connectivity index (χ2n) is 9.12. The molecule has 0 aromatic heterocycles. The van der Waals surface area contributed by atoms with Crippen LogP contribution in [0.3, 0.4) is 0 Å². The quantitative estimate of drug-likeness (QED) is 0.0940. The Morgan fingerprint density at radius 3 is 1.48 bits per heavy atom. The Bertz CT molecular complexity index is 1570. The van der Waals surface area contributed by atoms with Crippen LogP contribution in [-0.2, 0) is 41.7 Å². The van der Waals surface area contributed by atoms with Crippen LogP contribution < -0.4 is 14.2 Å². The fourth-order valence-electron chi connectivity index (χ4n) is 4.26. The van der Waals surface area contributed by atoms with Crippen LogP contribution in [0.15, 0.2) is 94.7 Å². The van der Waals surface area contributed by atoms with Gasteiger partial charge in [-0.15, -0.1) is 26.3 Å². The zero-order valence-electron chi connectivity index (χ0n) is 22.8. The van der Waals surface area contributed by atoms with Crippen LogP contribution in [0.1, 0.15) is 28.8 Å². The van der Waals surface area contributed by atoms with E-state index < -0.39 is 36.3 Å². The number of alkyl halides is 6. The number of ether oxygens (including phenoxy) is 3. The third-order valence-electron chi connectivity index (χ3n) is 6.06. The SMILES string of the molecule is COc1ccc([N-]C(c2ccccc2OC(F)(F)F)C([N-]c2ccc(C)cc2[S-])c2ccccc2OC(F)(F)F)c([S-])c1.[Ni]. The molecule has 44 heavy (non-hydrogen) atoms. The first kappa shape index (κ1) is 34.9. The van der Waals surface area contributed by atoms with Crippen LogP contribution in [0.25, 0.3) is 10.6 Å². The van der Waals surface area contributed by atoms with Gasteiger partial charge in [-0.1, -0.05) is 78.3 Å². The number of benzene rings is 4. The Labute approximate surface area is 271 Å². The Balaban J connectivity index is 0.00000529. The number of methoxy groups -OCH3 is 1. The summed E-state index contributed by atoms with van der Waals surface area (Å²) in [7, 11) is 1.43. The van der Waals surface area contributed by atoms with Gasteiger partial charge in [0.25, 0.3) is 0 Å². The fourth-order valence-corrected chi connectivity index (χ4v) is 4.80. The minimum atomic E-state index is -5.08. The number of para-hydroxylation sites is 2. The van der Waals surface area contributed by atoms with Crippen LogP contribution in [0.5, 0.6) is 17.2 Å². The Morgan fingerprint density at radius 2 is 1.07 bits per heavy atom. The van der Waals surface area contributed by atoms with Crippen LogP contribution in [-0.4, -0.2) is 19.8 Å². The molecular weight excluding hydrogens is 673 g/mol. The summed E-state index contributed by atoms with van der Waals surface area (Å²) < 4.78 is 94.9. The van der Waals surface area contributed by atoms with Gasteiger partial charge in [-0.05, 0) is 42.3 Å². The van der Waals surface area contributed by atoms with Crippen molar-refractivity contribution in [3.05, 3.63) is 112 Å². The van der Waals surface area contributed by atoms with Crippen molar-refractivity contribution >= 4 is 36.6 Å². The normalized spacial score (nSPS) is 12.8. The molecule has 0 bridgehead atoms. The predicted molar refractivity (Wildman–Crippen MR) is 153 cm³/mol. The summed E-state index contributed by atoms with van der Waals surface area (Å²) in [5.74, 6) is -0.841. The molecule has 0 amide bonds. The molecule has 0 fully saturated rings. The molecule has 0 saturated carbocycles. The minimum absolute atomic E-state index is 0. The van der Waals surface area contributed by atoms with Crippen LogP contribution in [0, 0.1) is 6.92 Å². The standard InChI is InChI=1S/C30H24F6N2O3S2.Ni/c1-17-11-13-21(25(42)15-17)37-27(19-7-3-5-9-23(19)40-29(31,32)33)28(38-22-14-12-18(39-2)16-26(22)43)20-8-4-6-10-24(20)41-30(34,35)36;/h3-16,27-28,42-43H,1-2H3;/q-2;/p-2. The number of nitrogens with zero attached hydrogens (tertiary/aromatic N) is 2. The van der Waals surface area contributed by atoms with Crippen molar-refractivity contribution in [2.24, 2.45) is 0 Å². The van der Waals surface area contributed by atoms with E-state index in [1.54, 1.807) is 25.1 Å². The van der Waals surface area contributed by atoms with Crippen molar-refractivity contribution in [2.75, 3.05) is 7.11 Å². The molecule has 2 unspecified atom stereocenters. The van der Waals surface area contributed by atoms with Gasteiger partial charge in [0, 0.05) is 16.5 Å². The van der Waals surface area contributed by atoms with Crippen LogP contribution in [0.2, 0.25) is 0 Å². The molecule has 0 radical (unpaired) electrons. The van der Waals surface area contributed by atoms with Gasteiger partial charge in [0.05, 0.1) is 7.11 Å². The fraction of sp³-hybridized carbons (Fsp3) is 0.200. The zero-order valence-corrected chi connectivity index (χ0v) is 25.4. The molecule has 238 valence electrons. The van der Waals surface area contributed by atoms with E-state index in [1.807, 2.05) is 0 Å². The number of halogens is 6. The molecule has 0 heterocycles. The average Bonchev–Trinajstić information content (AvgIpc) is 2.91. The van der Waals surface area contributed by atoms with Crippen molar-refractivity contribution in [2.45, 2.75) is 41.5 Å². The molecule has 4 rings (SSSR count). The molecule has 2 atom stereocenters. The topological polar surface area (TPSA) is 55.9 Å². The maximum absolute atomic E-state index is 13.5. The van der Waals surface area contributed by atoms with Crippen molar-refractivity contribution in [1.29, 1.82) is 0 Å². The smallest absolute Gasteiger partial charge is 0.573 e. The molecular formula is C30H22F6N2NiO3S2-4. The van der Waals surface area contributed by atoms with Gasteiger partial charge in [0.1, 0.15) is 17.2 Å². The van der Waals surface area contributed by atoms with Gasteiger partial charge in [-0.3, -0.25) is 0 Å². The third-order valence-corrected chi connectivity index (χ3v) is 6.72. The van der Waals surface area contributed by atoms with Crippen molar-refractivity contribution < 1.29 is 57.0 Å². The summed E-state index contributed by atoms with van der Waals surface area (Å²) >= 11 is 10.9. The maximum Gasteiger partial charge on any atom is 0.573 e. The van der Waals surface area contributed by atoms with Crippen molar-refractivity contribution in [3.63, 3.8) is 0 Å². The van der Waals surface area contributed by atoms with Gasteiger partial charge in [-0.25, -0.2) is 0 Å². The zero-order chi connectivity index (χ0) is 31.4. The molecule has 5 nitrogen and oxygen atoms in total. The second kappa shape index (κ2) is 14.4. The summed E-state index contributed by atoms with van der Waals surface area (Å²) in [5.41, 5.74) is 0.915. The van der Waals surface area contributed by atoms with Gasteiger partial charge in [0.15, 0.2) is 0 Å². The number of rotatable bonds is 10.